The summed E-state index contributed by atoms with van der Waals surface area (Å²) < 4.78 is 10.8. The molecule has 0 bridgehead atoms. The van der Waals surface area contributed by atoms with Crippen molar-refractivity contribution in [1.29, 1.82) is 0 Å². The van der Waals surface area contributed by atoms with Gasteiger partial charge in [-0.3, -0.25) is 4.90 Å². The van der Waals surface area contributed by atoms with Crippen molar-refractivity contribution < 1.29 is 19.1 Å². The van der Waals surface area contributed by atoms with E-state index in [9.17, 15) is 9.59 Å². The average Bonchev–Trinajstić information content (AvgIpc) is 2.94. The normalized spacial score (nSPS) is 15.6. The number of rotatable bonds is 4. The summed E-state index contributed by atoms with van der Waals surface area (Å²) in [5.74, 6) is 2.97. The number of nitrogens with zero attached hydrogens (tertiary/aromatic N) is 1. The molecule has 1 aliphatic rings. The van der Waals surface area contributed by atoms with Gasteiger partial charge in [0, 0.05) is 6.54 Å². The van der Waals surface area contributed by atoms with Crippen molar-refractivity contribution in [2.24, 2.45) is 0 Å². The predicted molar refractivity (Wildman–Crippen MR) is 99.0 cm³/mol. The summed E-state index contributed by atoms with van der Waals surface area (Å²) in [6.07, 6.45) is 6.10. The van der Waals surface area contributed by atoms with Crippen LogP contribution in [-0.4, -0.2) is 35.8 Å². The first-order chi connectivity index (χ1) is 12.2. The highest BCUT2D eigenvalue weighted by Gasteiger charge is 2.33. The minimum absolute atomic E-state index is 0.153. The van der Waals surface area contributed by atoms with E-state index in [-0.39, 0.29) is 12.6 Å². The van der Waals surface area contributed by atoms with Gasteiger partial charge in [0.05, 0.1) is 12.6 Å². The van der Waals surface area contributed by atoms with Crippen LogP contribution in [-0.2, 0) is 11.2 Å². The van der Waals surface area contributed by atoms with E-state index in [1.807, 2.05) is 33.8 Å². The quantitative estimate of drug-likeness (QED) is 0.834. The summed E-state index contributed by atoms with van der Waals surface area (Å²) >= 11 is 0. The molecule has 0 fully saturated rings. The molecule has 0 aliphatic heterocycles. The molecule has 0 unspecified atom stereocenters. The molecule has 0 radical (unpaired) electrons. The molecule has 6 heteroatoms. The molecule has 0 saturated heterocycles. The molecule has 140 valence electrons. The van der Waals surface area contributed by atoms with Crippen LogP contribution in [0.15, 0.2) is 18.2 Å². The second-order valence-electron chi connectivity index (χ2n) is 7.15. The van der Waals surface area contributed by atoms with Gasteiger partial charge in [-0.1, -0.05) is 12.0 Å². The van der Waals surface area contributed by atoms with Crippen LogP contribution < -0.4 is 10.1 Å². The van der Waals surface area contributed by atoms with E-state index in [1.165, 1.54) is 0 Å². The van der Waals surface area contributed by atoms with Crippen LogP contribution in [0.3, 0.4) is 0 Å². The van der Waals surface area contributed by atoms with Crippen LogP contribution in [0.2, 0.25) is 0 Å². The van der Waals surface area contributed by atoms with Crippen LogP contribution >= 0.6 is 0 Å². The fourth-order valence-electron chi connectivity index (χ4n) is 2.95. The SMILES string of the molecule is C#CCN(C(=O)OC(C)(C)C)[C@@H]1CCc2ccc(OC(=O)NCC)cc21. The minimum atomic E-state index is -0.603. The molecule has 1 aromatic carbocycles. The molecule has 0 heterocycles. The number of benzene rings is 1. The lowest BCUT2D eigenvalue weighted by atomic mass is 10.1. The number of hydrogen-bond donors (Lipinski definition) is 1. The lowest BCUT2D eigenvalue weighted by molar-refractivity contribution is 0.0190. The zero-order chi connectivity index (χ0) is 19.3. The molecule has 1 aliphatic carbocycles. The molecule has 0 spiro atoms. The van der Waals surface area contributed by atoms with Gasteiger partial charge in [-0.05, 0) is 63.8 Å². The largest absolute Gasteiger partial charge is 0.444 e. The van der Waals surface area contributed by atoms with Gasteiger partial charge in [0.25, 0.3) is 0 Å². The van der Waals surface area contributed by atoms with Crippen molar-refractivity contribution in [2.75, 3.05) is 13.1 Å². The Kier molecular flexibility index (Phi) is 6.14. The molecule has 0 aromatic heterocycles. The van der Waals surface area contributed by atoms with Gasteiger partial charge in [-0.2, -0.15) is 0 Å². The van der Waals surface area contributed by atoms with E-state index in [0.29, 0.717) is 12.3 Å². The average molecular weight is 358 g/mol. The van der Waals surface area contributed by atoms with Gasteiger partial charge in [0.15, 0.2) is 0 Å². The second kappa shape index (κ2) is 8.13. The Balaban J connectivity index is 2.25. The maximum absolute atomic E-state index is 12.6. The fraction of sp³-hybridized carbons (Fsp3) is 0.500. The summed E-state index contributed by atoms with van der Waals surface area (Å²) in [5.41, 5.74) is 1.45. The lowest BCUT2D eigenvalue weighted by Crippen LogP contribution is -2.39. The van der Waals surface area contributed by atoms with E-state index in [2.05, 4.69) is 11.2 Å². The topological polar surface area (TPSA) is 67.9 Å². The van der Waals surface area contributed by atoms with Crippen LogP contribution in [0.25, 0.3) is 0 Å². The summed E-state index contributed by atoms with van der Waals surface area (Å²) in [6, 6.07) is 5.28. The van der Waals surface area contributed by atoms with Gasteiger partial charge in [0.1, 0.15) is 11.4 Å². The van der Waals surface area contributed by atoms with E-state index >= 15 is 0 Å². The third kappa shape index (κ3) is 4.92. The summed E-state index contributed by atoms with van der Waals surface area (Å²) in [6.45, 7) is 7.92. The monoisotopic (exact) mass is 358 g/mol. The number of hydrogen-bond acceptors (Lipinski definition) is 4. The Hall–Kier alpha value is -2.68. The number of carbonyl (C=O) groups excluding carboxylic acids is 2. The Morgan fingerprint density at radius 3 is 2.73 bits per heavy atom. The number of amides is 2. The smallest absolute Gasteiger partial charge is 0.412 e. The maximum atomic E-state index is 12.6. The standard InChI is InChI=1S/C20H26N2O4/c1-6-12-22(19(24)26-20(3,4)5)17-11-9-14-8-10-15(13-16(14)17)25-18(23)21-7-2/h1,8,10,13,17H,7,9,11-12H2,2-5H3,(H,21,23)/t17-/m1/s1. The second-order valence-corrected chi connectivity index (χ2v) is 7.15. The Morgan fingerprint density at radius 2 is 2.12 bits per heavy atom. The number of nitrogens with one attached hydrogen (secondary N) is 1. The van der Waals surface area contributed by atoms with E-state index < -0.39 is 17.8 Å². The summed E-state index contributed by atoms with van der Waals surface area (Å²) in [7, 11) is 0. The summed E-state index contributed by atoms with van der Waals surface area (Å²) in [5, 5.41) is 2.59. The highest BCUT2D eigenvalue weighted by atomic mass is 16.6. The number of aryl methyl sites for hydroxylation is 1. The van der Waals surface area contributed by atoms with Gasteiger partial charge < -0.3 is 14.8 Å². The van der Waals surface area contributed by atoms with Gasteiger partial charge >= 0.3 is 12.2 Å². The minimum Gasteiger partial charge on any atom is -0.444 e. The first-order valence-electron chi connectivity index (χ1n) is 8.76. The molecule has 2 rings (SSSR count). The molecule has 1 aromatic rings. The van der Waals surface area contributed by atoms with Gasteiger partial charge in [-0.15, -0.1) is 6.42 Å². The van der Waals surface area contributed by atoms with Crippen molar-refractivity contribution in [2.45, 2.75) is 52.2 Å². The molecule has 1 atom stereocenters. The molecule has 0 saturated carbocycles. The third-order valence-electron chi connectivity index (χ3n) is 3.96. The number of carbonyl (C=O) groups is 2. The predicted octanol–water partition coefficient (Wildman–Crippen LogP) is 3.65. The Labute approximate surface area is 154 Å². The molecule has 6 nitrogen and oxygen atoms in total. The fourth-order valence-corrected chi connectivity index (χ4v) is 2.95. The first-order valence-corrected chi connectivity index (χ1v) is 8.76. The zero-order valence-corrected chi connectivity index (χ0v) is 15.8. The van der Waals surface area contributed by atoms with E-state index in [4.69, 9.17) is 15.9 Å². The van der Waals surface area contributed by atoms with Gasteiger partial charge in [0.2, 0.25) is 0 Å². The molecular weight excluding hydrogens is 332 g/mol. The third-order valence-corrected chi connectivity index (χ3v) is 3.96. The van der Waals surface area contributed by atoms with Crippen molar-refractivity contribution in [3.63, 3.8) is 0 Å². The maximum Gasteiger partial charge on any atom is 0.412 e. The van der Waals surface area contributed by atoms with Crippen LogP contribution in [0.5, 0.6) is 5.75 Å². The van der Waals surface area contributed by atoms with Crippen molar-refractivity contribution in [3.8, 4) is 18.1 Å². The van der Waals surface area contributed by atoms with E-state index in [0.717, 1.165) is 24.0 Å². The van der Waals surface area contributed by atoms with Crippen molar-refractivity contribution in [1.82, 2.24) is 10.2 Å². The van der Waals surface area contributed by atoms with Crippen LogP contribution in [0, 0.1) is 12.3 Å². The lowest BCUT2D eigenvalue weighted by Gasteiger charge is -2.31. The molecule has 2 amide bonds. The zero-order valence-electron chi connectivity index (χ0n) is 15.8. The molecule has 1 N–H and O–H groups in total. The molecule has 26 heavy (non-hydrogen) atoms. The van der Waals surface area contributed by atoms with Gasteiger partial charge in [-0.25, -0.2) is 9.59 Å². The highest BCUT2D eigenvalue weighted by molar-refractivity contribution is 5.71. The molecular formula is C20H26N2O4. The number of terminal acetylenes is 1. The Bertz CT molecular complexity index is 716. The van der Waals surface area contributed by atoms with Crippen molar-refractivity contribution in [3.05, 3.63) is 29.3 Å². The van der Waals surface area contributed by atoms with Crippen LogP contribution in [0.1, 0.15) is 51.3 Å². The highest BCUT2D eigenvalue weighted by Crippen LogP contribution is 2.38. The Morgan fingerprint density at radius 1 is 1.38 bits per heavy atom. The number of ether oxygens (including phenoxy) is 2. The first kappa shape index (κ1) is 19.6. The van der Waals surface area contributed by atoms with E-state index in [1.54, 1.807) is 17.0 Å². The van der Waals surface area contributed by atoms with Crippen LogP contribution in [0.4, 0.5) is 9.59 Å². The van der Waals surface area contributed by atoms with Crippen molar-refractivity contribution >= 4 is 12.2 Å². The summed E-state index contributed by atoms with van der Waals surface area (Å²) in [4.78, 5) is 25.8. The number of fused-ring (bicyclic) bond motifs is 1.